The first-order chi connectivity index (χ1) is 11.8. The summed E-state index contributed by atoms with van der Waals surface area (Å²) in [4.78, 5) is 16.1. The van der Waals surface area contributed by atoms with E-state index in [-0.39, 0.29) is 11.3 Å². The van der Waals surface area contributed by atoms with Crippen molar-refractivity contribution in [3.05, 3.63) is 75.6 Å². The quantitative estimate of drug-likeness (QED) is 0.700. The van der Waals surface area contributed by atoms with Gasteiger partial charge in [-0.15, -0.1) is 0 Å². The van der Waals surface area contributed by atoms with Crippen LogP contribution in [0.15, 0.2) is 41.2 Å². The van der Waals surface area contributed by atoms with Gasteiger partial charge in [-0.25, -0.2) is 18.0 Å². The molecule has 0 aliphatic rings. The number of halogens is 3. The number of hydrogen-bond acceptors (Lipinski definition) is 2. The van der Waals surface area contributed by atoms with Crippen LogP contribution >= 0.6 is 0 Å². The number of aromatic nitrogens is 2. The number of rotatable bonds is 2. The van der Waals surface area contributed by atoms with E-state index in [9.17, 15) is 18.0 Å². The highest BCUT2D eigenvalue weighted by Crippen LogP contribution is 2.35. The van der Waals surface area contributed by atoms with Crippen molar-refractivity contribution in [3.8, 4) is 22.4 Å². The summed E-state index contributed by atoms with van der Waals surface area (Å²) in [5, 5.41) is 0. The third-order valence-corrected chi connectivity index (χ3v) is 4.18. The van der Waals surface area contributed by atoms with Gasteiger partial charge in [-0.2, -0.15) is 4.98 Å². The van der Waals surface area contributed by atoms with E-state index < -0.39 is 28.7 Å². The fraction of sp³-hybridized carbons (Fsp3) is 0.158. The Morgan fingerprint density at radius 3 is 2.04 bits per heavy atom. The second-order valence-electron chi connectivity index (χ2n) is 5.87. The minimum absolute atomic E-state index is 0.126. The smallest absolute Gasteiger partial charge is 0.299 e. The van der Waals surface area contributed by atoms with Gasteiger partial charge in [0, 0.05) is 36.0 Å². The highest BCUT2D eigenvalue weighted by Gasteiger charge is 2.22. The summed E-state index contributed by atoms with van der Waals surface area (Å²) < 4.78 is 43.2. The Labute approximate surface area is 142 Å². The molecule has 1 heterocycles. The Hall–Kier alpha value is -2.89. The van der Waals surface area contributed by atoms with Gasteiger partial charge in [-0.05, 0) is 13.8 Å². The maximum absolute atomic E-state index is 14.4. The summed E-state index contributed by atoms with van der Waals surface area (Å²) in [6.45, 7) is 3.46. The molecule has 0 amide bonds. The zero-order valence-electron chi connectivity index (χ0n) is 13.9. The molecule has 0 saturated carbocycles. The lowest BCUT2D eigenvalue weighted by Gasteiger charge is -2.16. The lowest BCUT2D eigenvalue weighted by atomic mass is 9.96. The monoisotopic (exact) mass is 344 g/mol. The van der Waals surface area contributed by atoms with Crippen molar-refractivity contribution < 1.29 is 13.2 Å². The second-order valence-corrected chi connectivity index (χ2v) is 5.87. The maximum Gasteiger partial charge on any atom is 0.348 e. The molecule has 0 unspecified atom stereocenters. The molecular formula is C19H15F3N2O. The van der Waals surface area contributed by atoms with Crippen LogP contribution in [-0.4, -0.2) is 9.55 Å². The zero-order chi connectivity index (χ0) is 18.3. The predicted octanol–water partition coefficient (Wildman–Crippen LogP) is 4.15. The Morgan fingerprint density at radius 1 is 0.920 bits per heavy atom. The lowest BCUT2D eigenvalue weighted by molar-refractivity contribution is 0.547. The largest absolute Gasteiger partial charge is 0.348 e. The van der Waals surface area contributed by atoms with Crippen LogP contribution in [0.25, 0.3) is 22.4 Å². The van der Waals surface area contributed by atoms with Crippen molar-refractivity contribution in [2.75, 3.05) is 0 Å². The van der Waals surface area contributed by atoms with Crippen LogP contribution in [0.1, 0.15) is 11.3 Å². The summed E-state index contributed by atoms with van der Waals surface area (Å²) in [6.07, 6.45) is 0. The maximum atomic E-state index is 14.4. The molecule has 1 aromatic heterocycles. The highest BCUT2D eigenvalue weighted by molar-refractivity contribution is 5.82. The summed E-state index contributed by atoms with van der Waals surface area (Å²) in [6, 6.07) is 8.29. The molecule has 0 aliphatic carbocycles. The lowest BCUT2D eigenvalue weighted by Crippen LogP contribution is -2.24. The first-order valence-corrected chi connectivity index (χ1v) is 7.59. The molecule has 2 aromatic carbocycles. The molecule has 128 valence electrons. The number of nitrogens with zero attached hydrogens (tertiary/aromatic N) is 2. The van der Waals surface area contributed by atoms with Gasteiger partial charge >= 0.3 is 5.69 Å². The Bertz CT molecular complexity index is 1000. The molecule has 0 saturated heterocycles. The molecule has 0 bridgehead atoms. The van der Waals surface area contributed by atoms with Crippen molar-refractivity contribution in [1.29, 1.82) is 0 Å². The molecule has 3 aromatic rings. The van der Waals surface area contributed by atoms with Crippen LogP contribution in [0.5, 0.6) is 0 Å². The molecule has 3 rings (SSSR count). The summed E-state index contributed by atoms with van der Waals surface area (Å²) in [5.74, 6) is -3.10. The SMILES string of the molecule is Cc1ccc(-c2nc(=O)n(C)c(C)c2-c2c(F)cc(F)cc2F)cc1. The fourth-order valence-electron chi connectivity index (χ4n) is 2.71. The molecule has 0 atom stereocenters. The van der Waals surface area contributed by atoms with Crippen molar-refractivity contribution in [2.45, 2.75) is 13.8 Å². The van der Waals surface area contributed by atoms with E-state index in [1.54, 1.807) is 19.1 Å². The van der Waals surface area contributed by atoms with Gasteiger partial charge in [-0.1, -0.05) is 29.8 Å². The fourth-order valence-corrected chi connectivity index (χ4v) is 2.71. The van der Waals surface area contributed by atoms with E-state index in [2.05, 4.69) is 4.98 Å². The average molecular weight is 344 g/mol. The van der Waals surface area contributed by atoms with Crippen LogP contribution in [-0.2, 0) is 7.05 Å². The molecule has 0 fully saturated rings. The predicted molar refractivity (Wildman–Crippen MR) is 89.7 cm³/mol. The Balaban J connectivity index is 2.42. The molecule has 0 N–H and O–H groups in total. The molecular weight excluding hydrogens is 329 g/mol. The number of benzene rings is 2. The van der Waals surface area contributed by atoms with Gasteiger partial charge in [0.2, 0.25) is 0 Å². The van der Waals surface area contributed by atoms with Crippen LogP contribution < -0.4 is 5.69 Å². The van der Waals surface area contributed by atoms with Crippen molar-refractivity contribution >= 4 is 0 Å². The van der Waals surface area contributed by atoms with Gasteiger partial charge in [0.1, 0.15) is 17.5 Å². The number of aryl methyl sites for hydroxylation is 1. The van der Waals surface area contributed by atoms with E-state index in [4.69, 9.17) is 0 Å². The summed E-state index contributed by atoms with van der Waals surface area (Å²) >= 11 is 0. The number of hydrogen-bond donors (Lipinski definition) is 0. The van der Waals surface area contributed by atoms with E-state index in [0.717, 1.165) is 5.56 Å². The molecule has 6 heteroatoms. The van der Waals surface area contributed by atoms with Crippen LogP contribution in [0.3, 0.4) is 0 Å². The van der Waals surface area contributed by atoms with E-state index in [0.29, 0.717) is 23.4 Å². The molecule has 0 aliphatic heterocycles. The third kappa shape index (κ3) is 2.95. The minimum atomic E-state index is -1.05. The van der Waals surface area contributed by atoms with E-state index in [1.807, 2.05) is 19.1 Å². The summed E-state index contributed by atoms with van der Waals surface area (Å²) in [7, 11) is 1.46. The standard InChI is InChI=1S/C19H15F3N2O/c1-10-4-6-12(7-5-10)18-16(11(2)24(3)19(25)23-18)17-14(21)8-13(20)9-15(17)22/h4-9H,1-3H3. The summed E-state index contributed by atoms with van der Waals surface area (Å²) in [5.41, 5.74) is 1.21. The molecule has 0 radical (unpaired) electrons. The molecule has 25 heavy (non-hydrogen) atoms. The van der Waals surface area contributed by atoms with E-state index >= 15 is 0 Å². The average Bonchev–Trinajstić information content (AvgIpc) is 2.54. The van der Waals surface area contributed by atoms with Crippen molar-refractivity contribution in [2.24, 2.45) is 7.05 Å². The highest BCUT2D eigenvalue weighted by atomic mass is 19.1. The van der Waals surface area contributed by atoms with Gasteiger partial charge in [0.25, 0.3) is 0 Å². The van der Waals surface area contributed by atoms with Gasteiger partial charge in [0.15, 0.2) is 0 Å². The van der Waals surface area contributed by atoms with E-state index in [1.165, 1.54) is 11.6 Å². The van der Waals surface area contributed by atoms with Crippen molar-refractivity contribution in [3.63, 3.8) is 0 Å². The molecule has 0 spiro atoms. The van der Waals surface area contributed by atoms with Crippen LogP contribution in [0.4, 0.5) is 13.2 Å². The van der Waals surface area contributed by atoms with Gasteiger partial charge in [-0.3, -0.25) is 4.57 Å². The minimum Gasteiger partial charge on any atom is -0.299 e. The Morgan fingerprint density at radius 2 is 1.48 bits per heavy atom. The topological polar surface area (TPSA) is 34.9 Å². The third-order valence-electron chi connectivity index (χ3n) is 4.18. The normalized spacial score (nSPS) is 11.0. The van der Waals surface area contributed by atoms with Crippen LogP contribution in [0.2, 0.25) is 0 Å². The van der Waals surface area contributed by atoms with Gasteiger partial charge in [0.05, 0.1) is 11.3 Å². The van der Waals surface area contributed by atoms with Crippen molar-refractivity contribution in [1.82, 2.24) is 9.55 Å². The second kappa shape index (κ2) is 6.20. The zero-order valence-corrected chi connectivity index (χ0v) is 13.9. The van der Waals surface area contributed by atoms with Gasteiger partial charge < -0.3 is 0 Å². The van der Waals surface area contributed by atoms with Crippen LogP contribution in [0, 0.1) is 31.3 Å². The first kappa shape index (κ1) is 17.0. The molecule has 3 nitrogen and oxygen atoms in total. The first-order valence-electron chi connectivity index (χ1n) is 7.59. The Kier molecular flexibility index (Phi) is 4.20.